The highest BCUT2D eigenvalue weighted by Gasteiger charge is 2.15. The van der Waals surface area contributed by atoms with Crippen molar-refractivity contribution in [1.29, 1.82) is 0 Å². The zero-order valence-corrected chi connectivity index (χ0v) is 14.3. The van der Waals surface area contributed by atoms with E-state index in [2.05, 4.69) is 21.2 Å². The lowest BCUT2D eigenvalue weighted by molar-refractivity contribution is 0.0949. The summed E-state index contributed by atoms with van der Waals surface area (Å²) in [4.78, 5) is 12.4. The molecule has 0 radical (unpaired) electrons. The van der Waals surface area contributed by atoms with Gasteiger partial charge in [0.1, 0.15) is 11.5 Å². The number of benzene rings is 2. The fraction of sp³-hybridized carbons (Fsp3) is 0.105. The zero-order chi connectivity index (χ0) is 16.2. The summed E-state index contributed by atoms with van der Waals surface area (Å²) < 4.78 is 6.74. The Bertz CT molecular complexity index is 807. The van der Waals surface area contributed by atoms with Gasteiger partial charge in [-0.15, -0.1) is 0 Å². The average molecular weight is 370 g/mol. The Balaban J connectivity index is 1.75. The van der Waals surface area contributed by atoms with Crippen LogP contribution in [0.4, 0.5) is 0 Å². The van der Waals surface area contributed by atoms with E-state index >= 15 is 0 Å². The first-order chi connectivity index (χ1) is 11.1. The Morgan fingerprint density at radius 2 is 1.78 bits per heavy atom. The molecule has 3 nitrogen and oxygen atoms in total. The molecule has 0 unspecified atom stereocenters. The highest BCUT2D eigenvalue weighted by Crippen LogP contribution is 2.26. The molecule has 23 heavy (non-hydrogen) atoms. The number of hydrogen-bond donors (Lipinski definition) is 1. The number of amides is 1. The smallest absolute Gasteiger partial charge is 0.255 e. The SMILES string of the molecule is Cc1oc(-c2ccc(Br)cc2)cc1C(=O)NCc1ccccc1. The van der Waals surface area contributed by atoms with Gasteiger partial charge in [-0.1, -0.05) is 58.4 Å². The third kappa shape index (κ3) is 3.71. The van der Waals surface area contributed by atoms with Crippen molar-refractivity contribution in [2.45, 2.75) is 13.5 Å². The van der Waals surface area contributed by atoms with Crippen molar-refractivity contribution < 1.29 is 9.21 Å². The topological polar surface area (TPSA) is 42.2 Å². The lowest BCUT2D eigenvalue weighted by Gasteiger charge is -2.03. The van der Waals surface area contributed by atoms with Crippen molar-refractivity contribution in [3.63, 3.8) is 0 Å². The molecular weight excluding hydrogens is 354 g/mol. The van der Waals surface area contributed by atoms with E-state index in [-0.39, 0.29) is 5.91 Å². The van der Waals surface area contributed by atoms with Gasteiger partial charge in [0.05, 0.1) is 5.56 Å². The molecular formula is C19H16BrNO2. The number of halogens is 1. The molecule has 0 saturated heterocycles. The minimum absolute atomic E-state index is 0.126. The van der Waals surface area contributed by atoms with Crippen LogP contribution in [0.1, 0.15) is 21.7 Å². The van der Waals surface area contributed by atoms with Crippen molar-refractivity contribution in [2.24, 2.45) is 0 Å². The predicted molar refractivity (Wildman–Crippen MR) is 94.2 cm³/mol. The molecule has 1 amide bonds. The average Bonchev–Trinajstić information content (AvgIpc) is 2.96. The van der Waals surface area contributed by atoms with E-state index in [1.54, 1.807) is 13.0 Å². The summed E-state index contributed by atoms with van der Waals surface area (Å²) in [5, 5.41) is 2.92. The number of furan rings is 1. The molecule has 1 N–H and O–H groups in total. The molecule has 116 valence electrons. The number of carbonyl (C=O) groups is 1. The first kappa shape index (κ1) is 15.6. The number of nitrogens with one attached hydrogen (secondary N) is 1. The van der Waals surface area contributed by atoms with Gasteiger partial charge >= 0.3 is 0 Å². The second-order valence-electron chi connectivity index (χ2n) is 5.26. The lowest BCUT2D eigenvalue weighted by Crippen LogP contribution is -2.22. The van der Waals surface area contributed by atoms with Crippen LogP contribution in [0.25, 0.3) is 11.3 Å². The maximum atomic E-state index is 12.4. The van der Waals surface area contributed by atoms with Gasteiger partial charge in [0.2, 0.25) is 0 Å². The summed E-state index contributed by atoms with van der Waals surface area (Å²) in [7, 11) is 0. The van der Waals surface area contributed by atoms with E-state index in [1.807, 2.05) is 54.6 Å². The molecule has 2 aromatic carbocycles. The van der Waals surface area contributed by atoms with Gasteiger partial charge in [0.25, 0.3) is 5.91 Å². The Labute approximate surface area is 143 Å². The Morgan fingerprint density at radius 3 is 2.48 bits per heavy atom. The van der Waals surface area contributed by atoms with Crippen LogP contribution in [-0.4, -0.2) is 5.91 Å². The first-order valence-electron chi connectivity index (χ1n) is 7.32. The van der Waals surface area contributed by atoms with Crippen molar-refractivity contribution in [2.75, 3.05) is 0 Å². The molecule has 3 aromatic rings. The molecule has 1 aromatic heterocycles. The van der Waals surface area contributed by atoms with E-state index in [4.69, 9.17) is 4.42 Å². The van der Waals surface area contributed by atoms with Crippen molar-refractivity contribution >= 4 is 21.8 Å². The Morgan fingerprint density at radius 1 is 1.09 bits per heavy atom. The molecule has 0 spiro atoms. The van der Waals surface area contributed by atoms with Crippen LogP contribution in [0.15, 0.2) is 69.6 Å². The summed E-state index contributed by atoms with van der Waals surface area (Å²) in [5.74, 6) is 1.19. The minimum atomic E-state index is -0.126. The lowest BCUT2D eigenvalue weighted by atomic mass is 10.1. The summed E-state index contributed by atoms with van der Waals surface area (Å²) >= 11 is 3.41. The van der Waals surface area contributed by atoms with E-state index in [1.165, 1.54) is 0 Å². The van der Waals surface area contributed by atoms with Crippen LogP contribution >= 0.6 is 15.9 Å². The standard InChI is InChI=1S/C19H16BrNO2/c1-13-17(19(22)21-12-14-5-3-2-4-6-14)11-18(23-13)15-7-9-16(20)10-8-15/h2-11H,12H2,1H3,(H,21,22). The van der Waals surface area contributed by atoms with Crippen LogP contribution < -0.4 is 5.32 Å². The molecule has 0 aliphatic rings. The van der Waals surface area contributed by atoms with Crippen molar-refractivity contribution in [3.05, 3.63) is 82.0 Å². The highest BCUT2D eigenvalue weighted by atomic mass is 79.9. The molecule has 0 aliphatic carbocycles. The highest BCUT2D eigenvalue weighted by molar-refractivity contribution is 9.10. The number of aryl methyl sites for hydroxylation is 1. The molecule has 0 fully saturated rings. The molecule has 1 heterocycles. The minimum Gasteiger partial charge on any atom is -0.461 e. The Kier molecular flexibility index (Phi) is 4.63. The Hall–Kier alpha value is -2.33. The second-order valence-corrected chi connectivity index (χ2v) is 6.17. The molecule has 0 bridgehead atoms. The predicted octanol–water partition coefficient (Wildman–Crippen LogP) is 4.95. The molecule has 0 atom stereocenters. The monoisotopic (exact) mass is 369 g/mol. The van der Waals surface area contributed by atoms with Crippen LogP contribution in [0.2, 0.25) is 0 Å². The van der Waals surface area contributed by atoms with Gasteiger partial charge in [-0.2, -0.15) is 0 Å². The van der Waals surface area contributed by atoms with Crippen molar-refractivity contribution in [3.8, 4) is 11.3 Å². The van der Waals surface area contributed by atoms with Crippen LogP contribution in [0, 0.1) is 6.92 Å². The summed E-state index contributed by atoms with van der Waals surface area (Å²) in [6, 6.07) is 19.4. The third-order valence-corrected chi connectivity index (χ3v) is 4.12. The quantitative estimate of drug-likeness (QED) is 0.706. The first-order valence-corrected chi connectivity index (χ1v) is 8.11. The van der Waals surface area contributed by atoms with Gasteiger partial charge < -0.3 is 9.73 Å². The third-order valence-electron chi connectivity index (χ3n) is 3.59. The normalized spacial score (nSPS) is 10.5. The molecule has 3 rings (SSSR count). The van der Waals surface area contributed by atoms with E-state index in [0.29, 0.717) is 23.6 Å². The van der Waals surface area contributed by atoms with Gasteiger partial charge in [-0.05, 0) is 30.7 Å². The maximum absolute atomic E-state index is 12.4. The molecule has 4 heteroatoms. The van der Waals surface area contributed by atoms with Crippen LogP contribution in [0.5, 0.6) is 0 Å². The van der Waals surface area contributed by atoms with E-state index in [0.717, 1.165) is 15.6 Å². The van der Waals surface area contributed by atoms with E-state index < -0.39 is 0 Å². The molecule has 0 aliphatic heterocycles. The van der Waals surface area contributed by atoms with Crippen LogP contribution in [-0.2, 0) is 6.54 Å². The fourth-order valence-electron chi connectivity index (χ4n) is 2.34. The van der Waals surface area contributed by atoms with Gasteiger partial charge in [-0.25, -0.2) is 0 Å². The van der Waals surface area contributed by atoms with Crippen molar-refractivity contribution in [1.82, 2.24) is 5.32 Å². The zero-order valence-electron chi connectivity index (χ0n) is 12.7. The maximum Gasteiger partial charge on any atom is 0.255 e. The van der Waals surface area contributed by atoms with Crippen LogP contribution in [0.3, 0.4) is 0 Å². The molecule has 0 saturated carbocycles. The van der Waals surface area contributed by atoms with Gasteiger partial charge in [-0.3, -0.25) is 4.79 Å². The number of hydrogen-bond acceptors (Lipinski definition) is 2. The largest absolute Gasteiger partial charge is 0.461 e. The summed E-state index contributed by atoms with van der Waals surface area (Å²) in [6.07, 6.45) is 0. The van der Waals surface area contributed by atoms with Gasteiger partial charge in [0, 0.05) is 16.6 Å². The van der Waals surface area contributed by atoms with E-state index in [9.17, 15) is 4.79 Å². The number of carbonyl (C=O) groups excluding carboxylic acids is 1. The fourth-order valence-corrected chi connectivity index (χ4v) is 2.60. The summed E-state index contributed by atoms with van der Waals surface area (Å²) in [5.41, 5.74) is 2.58. The summed E-state index contributed by atoms with van der Waals surface area (Å²) in [6.45, 7) is 2.30. The van der Waals surface area contributed by atoms with Gasteiger partial charge in [0.15, 0.2) is 0 Å². The number of rotatable bonds is 4. The second kappa shape index (κ2) is 6.84.